The first-order chi connectivity index (χ1) is 13.0. The second kappa shape index (κ2) is 6.91. The van der Waals surface area contributed by atoms with Gasteiger partial charge in [0.1, 0.15) is 5.76 Å². The Morgan fingerprint density at radius 2 is 1.86 bits per heavy atom. The number of aliphatic hydroxyl groups is 1. The van der Waals surface area contributed by atoms with E-state index in [2.05, 4.69) is 6.58 Å². The number of hydrogen-bond acceptors (Lipinski definition) is 4. The van der Waals surface area contributed by atoms with Crippen LogP contribution in [-0.2, 0) is 10.2 Å². The van der Waals surface area contributed by atoms with Crippen LogP contribution in [0.1, 0.15) is 45.1 Å². The average Bonchev–Trinajstić information content (AvgIpc) is 3.04. The maximum atomic E-state index is 12.6. The Balaban J connectivity index is 1.97. The molecule has 3 rings (SSSR count). The smallest absolute Gasteiger partial charge is 0.335 e. The first-order valence-electron chi connectivity index (χ1n) is 8.84. The molecule has 1 aromatic heterocycles. The number of Topliss-reactive ketones (excluding diaryl/α,β-unsaturated/α-hetero) is 1. The van der Waals surface area contributed by atoms with E-state index in [0.717, 1.165) is 20.9 Å². The third-order valence-corrected chi connectivity index (χ3v) is 6.25. The van der Waals surface area contributed by atoms with Crippen LogP contribution < -0.4 is 0 Å². The molecule has 0 amide bonds. The Morgan fingerprint density at radius 3 is 2.39 bits per heavy atom. The first kappa shape index (κ1) is 19.8. The van der Waals surface area contributed by atoms with Gasteiger partial charge in [0.05, 0.1) is 16.7 Å². The fourth-order valence-electron chi connectivity index (χ4n) is 3.31. The van der Waals surface area contributed by atoms with Crippen molar-refractivity contribution < 1.29 is 19.8 Å². The number of carboxylic acids is 1. The topological polar surface area (TPSA) is 74.6 Å². The Kier molecular flexibility index (Phi) is 4.90. The summed E-state index contributed by atoms with van der Waals surface area (Å²) in [7, 11) is 0. The van der Waals surface area contributed by atoms with E-state index in [4.69, 9.17) is 0 Å². The number of carbonyl (C=O) groups is 2. The van der Waals surface area contributed by atoms with Gasteiger partial charge >= 0.3 is 5.97 Å². The fraction of sp³-hybridized carbons (Fsp3) is 0.217. The lowest BCUT2D eigenvalue weighted by atomic mass is 9.74. The van der Waals surface area contributed by atoms with Gasteiger partial charge in [-0.1, -0.05) is 26.5 Å². The molecule has 0 unspecified atom stereocenters. The van der Waals surface area contributed by atoms with Crippen LogP contribution in [0.15, 0.2) is 59.9 Å². The highest BCUT2D eigenvalue weighted by Crippen LogP contribution is 2.41. The lowest BCUT2D eigenvalue weighted by Gasteiger charge is -2.30. The number of aromatic carboxylic acids is 1. The molecule has 0 radical (unpaired) electrons. The number of ketones is 1. The van der Waals surface area contributed by atoms with Crippen LogP contribution in [-0.4, -0.2) is 22.0 Å². The van der Waals surface area contributed by atoms with Gasteiger partial charge in [0.2, 0.25) is 5.78 Å². The van der Waals surface area contributed by atoms with Gasteiger partial charge in [0.25, 0.3) is 0 Å². The van der Waals surface area contributed by atoms with E-state index in [0.29, 0.717) is 11.1 Å². The van der Waals surface area contributed by atoms with Crippen molar-refractivity contribution in [3.63, 3.8) is 0 Å². The molecular weight excluding hydrogens is 372 g/mol. The minimum absolute atomic E-state index is 0.0141. The lowest BCUT2D eigenvalue weighted by molar-refractivity contribution is -0.111. The van der Waals surface area contributed by atoms with Crippen molar-refractivity contribution in [1.82, 2.24) is 0 Å². The third-order valence-electron chi connectivity index (χ3n) is 5.23. The molecule has 0 atom stereocenters. The van der Waals surface area contributed by atoms with Gasteiger partial charge in [-0.25, -0.2) is 4.79 Å². The quantitative estimate of drug-likeness (QED) is 0.668. The molecule has 1 aliphatic rings. The number of aryl methyl sites for hydroxylation is 2. The molecule has 1 heterocycles. The van der Waals surface area contributed by atoms with Crippen molar-refractivity contribution in [3.05, 3.63) is 86.3 Å². The summed E-state index contributed by atoms with van der Waals surface area (Å²) in [5.41, 5.74) is 2.55. The van der Waals surface area contributed by atoms with E-state index in [-0.39, 0.29) is 22.7 Å². The van der Waals surface area contributed by atoms with Crippen LogP contribution in [0.2, 0.25) is 0 Å². The molecule has 0 fully saturated rings. The number of carbonyl (C=O) groups excluding carboxylic acids is 1. The summed E-state index contributed by atoms with van der Waals surface area (Å²) < 4.78 is 0. The standard InChI is InChI=1S/C23H22O4S/c1-12-6-8-15(22(26)27)11-17(12)23(4,5)13(2)10-16-20(24)19(21(16)25)18-9-7-14(3)28-18/h6-11,24H,2H2,1,3-5H3,(H,26,27)/b16-10+. The highest BCUT2D eigenvalue weighted by molar-refractivity contribution is 7.13. The third kappa shape index (κ3) is 3.22. The van der Waals surface area contributed by atoms with Crippen LogP contribution in [0.3, 0.4) is 0 Å². The number of aliphatic hydroxyl groups excluding tert-OH is 1. The van der Waals surface area contributed by atoms with Crippen LogP contribution in [0.5, 0.6) is 0 Å². The number of rotatable bonds is 5. The van der Waals surface area contributed by atoms with Crippen LogP contribution in [0.25, 0.3) is 5.57 Å². The zero-order valence-corrected chi connectivity index (χ0v) is 17.1. The maximum Gasteiger partial charge on any atom is 0.335 e. The van der Waals surface area contributed by atoms with Crippen molar-refractivity contribution >= 4 is 28.7 Å². The second-order valence-electron chi connectivity index (χ2n) is 7.51. The first-order valence-corrected chi connectivity index (χ1v) is 9.66. The highest BCUT2D eigenvalue weighted by Gasteiger charge is 2.37. The number of allylic oxidation sites excluding steroid dienone is 4. The van der Waals surface area contributed by atoms with Crippen LogP contribution >= 0.6 is 11.3 Å². The summed E-state index contributed by atoms with van der Waals surface area (Å²) in [4.78, 5) is 25.8. The van der Waals surface area contributed by atoms with Crippen molar-refractivity contribution in [2.75, 3.05) is 0 Å². The van der Waals surface area contributed by atoms with Gasteiger partial charge in [-0.2, -0.15) is 0 Å². The Hall–Kier alpha value is -2.92. The highest BCUT2D eigenvalue weighted by atomic mass is 32.1. The summed E-state index contributed by atoms with van der Waals surface area (Å²) in [6, 6.07) is 8.72. The molecule has 2 aromatic rings. The Morgan fingerprint density at radius 1 is 1.18 bits per heavy atom. The molecule has 1 aromatic carbocycles. The lowest BCUT2D eigenvalue weighted by Crippen LogP contribution is -2.24. The van der Waals surface area contributed by atoms with Crippen molar-refractivity contribution in [3.8, 4) is 0 Å². The zero-order chi connectivity index (χ0) is 20.8. The molecule has 0 saturated carbocycles. The average molecular weight is 394 g/mol. The SMILES string of the molecule is C=C(/C=C1/C(=O)C(c2ccc(C)s2)=C1O)C(C)(C)c1cc(C(=O)O)ccc1C. The van der Waals surface area contributed by atoms with Crippen LogP contribution in [0, 0.1) is 13.8 Å². The largest absolute Gasteiger partial charge is 0.506 e. The van der Waals surface area contributed by atoms with Gasteiger partial charge < -0.3 is 10.2 Å². The summed E-state index contributed by atoms with van der Waals surface area (Å²) in [5, 5.41) is 19.7. The molecular formula is C23H22O4S. The Bertz CT molecular complexity index is 1080. The predicted molar refractivity (Wildman–Crippen MR) is 112 cm³/mol. The maximum absolute atomic E-state index is 12.6. The molecule has 5 heteroatoms. The number of carboxylic acid groups (broad SMARTS) is 1. The number of thiophene rings is 1. The molecule has 0 bridgehead atoms. The number of hydrogen-bond donors (Lipinski definition) is 2. The van der Waals surface area contributed by atoms with Gasteiger partial charge in [0.15, 0.2) is 0 Å². The summed E-state index contributed by atoms with van der Waals surface area (Å²) in [5.74, 6) is -1.21. The monoisotopic (exact) mass is 394 g/mol. The van der Waals surface area contributed by atoms with E-state index in [9.17, 15) is 19.8 Å². The zero-order valence-electron chi connectivity index (χ0n) is 16.3. The second-order valence-corrected chi connectivity index (χ2v) is 8.79. The van der Waals surface area contributed by atoms with E-state index in [1.807, 2.05) is 39.8 Å². The molecule has 1 aliphatic carbocycles. The summed E-state index contributed by atoms with van der Waals surface area (Å²) in [6.07, 6.45) is 1.61. The van der Waals surface area contributed by atoms with Gasteiger partial charge in [-0.3, -0.25) is 4.79 Å². The molecule has 0 aliphatic heterocycles. The van der Waals surface area contributed by atoms with E-state index >= 15 is 0 Å². The minimum atomic E-state index is -0.994. The number of benzene rings is 1. The Labute approximate surface area is 168 Å². The molecule has 4 nitrogen and oxygen atoms in total. The van der Waals surface area contributed by atoms with Crippen molar-refractivity contribution in [1.29, 1.82) is 0 Å². The van der Waals surface area contributed by atoms with Crippen LogP contribution in [0.4, 0.5) is 0 Å². The molecule has 0 saturated heterocycles. The molecule has 2 N–H and O–H groups in total. The molecule has 0 spiro atoms. The molecule has 144 valence electrons. The van der Waals surface area contributed by atoms with E-state index in [1.165, 1.54) is 11.3 Å². The normalized spacial score (nSPS) is 15.7. The van der Waals surface area contributed by atoms with Crippen molar-refractivity contribution in [2.24, 2.45) is 0 Å². The van der Waals surface area contributed by atoms with Crippen molar-refractivity contribution in [2.45, 2.75) is 33.1 Å². The predicted octanol–water partition coefficient (Wildman–Crippen LogP) is 5.38. The fourth-order valence-corrected chi connectivity index (χ4v) is 4.22. The van der Waals surface area contributed by atoms with Gasteiger partial charge in [-0.15, -0.1) is 11.3 Å². The summed E-state index contributed by atoms with van der Waals surface area (Å²) >= 11 is 1.46. The summed E-state index contributed by atoms with van der Waals surface area (Å²) in [6.45, 7) is 11.8. The van der Waals surface area contributed by atoms with Gasteiger partial charge in [-0.05, 0) is 60.9 Å². The van der Waals surface area contributed by atoms with E-state index in [1.54, 1.807) is 24.3 Å². The van der Waals surface area contributed by atoms with Gasteiger partial charge in [0, 0.05) is 15.2 Å². The van der Waals surface area contributed by atoms with E-state index < -0.39 is 11.4 Å². The molecule has 28 heavy (non-hydrogen) atoms. The minimum Gasteiger partial charge on any atom is -0.506 e.